The smallest absolute Gasteiger partial charge is 0.306 e. The molecule has 21 heavy (non-hydrogen) atoms. The highest BCUT2D eigenvalue weighted by Gasteiger charge is 2.20. The van der Waals surface area contributed by atoms with Crippen molar-refractivity contribution in [3.05, 3.63) is 46.3 Å². The number of nitro groups is 1. The number of hydrogen-bond donors (Lipinski definition) is 1. The lowest BCUT2D eigenvalue weighted by atomic mass is 10.2. The Bertz CT molecular complexity index is 631. The Balaban J connectivity index is 2.33. The molecule has 0 aliphatic heterocycles. The second kappa shape index (κ2) is 7.03. The van der Waals surface area contributed by atoms with Crippen LogP contribution in [0.1, 0.15) is 18.9 Å². The SMILES string of the molecule is CCCNc1cccc(Sc2ncc(C)cn2)c1[N+](=O)[O-]. The van der Waals surface area contributed by atoms with Crippen LogP contribution in [0.3, 0.4) is 0 Å². The van der Waals surface area contributed by atoms with Crippen molar-refractivity contribution in [2.75, 3.05) is 11.9 Å². The molecule has 2 aromatic rings. The molecule has 1 aromatic heterocycles. The van der Waals surface area contributed by atoms with Crippen LogP contribution in [-0.2, 0) is 0 Å². The van der Waals surface area contributed by atoms with E-state index >= 15 is 0 Å². The van der Waals surface area contributed by atoms with Crippen LogP contribution in [0.2, 0.25) is 0 Å². The summed E-state index contributed by atoms with van der Waals surface area (Å²) in [7, 11) is 0. The van der Waals surface area contributed by atoms with Crippen molar-refractivity contribution < 1.29 is 4.92 Å². The van der Waals surface area contributed by atoms with Crippen molar-refractivity contribution in [2.24, 2.45) is 0 Å². The number of para-hydroxylation sites is 1. The van der Waals surface area contributed by atoms with E-state index in [1.807, 2.05) is 13.8 Å². The maximum absolute atomic E-state index is 11.4. The van der Waals surface area contributed by atoms with Crippen molar-refractivity contribution in [1.82, 2.24) is 9.97 Å². The number of nitrogens with zero attached hydrogens (tertiary/aromatic N) is 3. The summed E-state index contributed by atoms with van der Waals surface area (Å²) in [6, 6.07) is 5.22. The summed E-state index contributed by atoms with van der Waals surface area (Å²) in [4.78, 5) is 19.9. The fourth-order valence-corrected chi connectivity index (χ4v) is 2.56. The van der Waals surface area contributed by atoms with Crippen LogP contribution >= 0.6 is 11.8 Å². The van der Waals surface area contributed by atoms with E-state index in [0.717, 1.165) is 12.0 Å². The van der Waals surface area contributed by atoms with Gasteiger partial charge in [0.15, 0.2) is 5.16 Å². The van der Waals surface area contributed by atoms with Crippen LogP contribution in [0.4, 0.5) is 11.4 Å². The monoisotopic (exact) mass is 304 g/mol. The molecule has 110 valence electrons. The first-order valence-electron chi connectivity index (χ1n) is 6.59. The molecule has 0 aliphatic carbocycles. The van der Waals surface area contributed by atoms with Crippen molar-refractivity contribution in [3.8, 4) is 0 Å². The topological polar surface area (TPSA) is 81.0 Å². The molecule has 7 heteroatoms. The van der Waals surface area contributed by atoms with E-state index in [1.54, 1.807) is 30.6 Å². The maximum atomic E-state index is 11.4. The summed E-state index contributed by atoms with van der Waals surface area (Å²) in [6.07, 6.45) is 4.29. The molecule has 6 nitrogen and oxygen atoms in total. The molecule has 0 aliphatic rings. The summed E-state index contributed by atoms with van der Waals surface area (Å²) in [5, 5.41) is 14.9. The Morgan fingerprint density at radius 1 is 1.33 bits per heavy atom. The van der Waals surface area contributed by atoms with Crippen molar-refractivity contribution in [3.63, 3.8) is 0 Å². The minimum absolute atomic E-state index is 0.0696. The first-order chi connectivity index (χ1) is 10.1. The molecule has 0 atom stereocenters. The quantitative estimate of drug-likeness (QED) is 0.498. The summed E-state index contributed by atoms with van der Waals surface area (Å²) >= 11 is 1.19. The van der Waals surface area contributed by atoms with Crippen LogP contribution in [0.5, 0.6) is 0 Å². The van der Waals surface area contributed by atoms with Gasteiger partial charge in [0.1, 0.15) is 5.69 Å². The van der Waals surface area contributed by atoms with Gasteiger partial charge < -0.3 is 5.32 Å². The van der Waals surface area contributed by atoms with Gasteiger partial charge in [-0.2, -0.15) is 0 Å². The number of benzene rings is 1. The van der Waals surface area contributed by atoms with Gasteiger partial charge in [0.25, 0.3) is 0 Å². The Morgan fingerprint density at radius 3 is 2.67 bits per heavy atom. The van der Waals surface area contributed by atoms with Crippen LogP contribution in [0, 0.1) is 17.0 Å². The number of nitrogens with one attached hydrogen (secondary N) is 1. The normalized spacial score (nSPS) is 10.4. The van der Waals surface area contributed by atoms with E-state index in [9.17, 15) is 10.1 Å². The van der Waals surface area contributed by atoms with Gasteiger partial charge in [-0.25, -0.2) is 9.97 Å². The molecule has 1 heterocycles. The minimum Gasteiger partial charge on any atom is -0.379 e. The fraction of sp³-hybridized carbons (Fsp3) is 0.286. The number of anilines is 1. The largest absolute Gasteiger partial charge is 0.379 e. The lowest BCUT2D eigenvalue weighted by molar-refractivity contribution is -0.386. The predicted molar refractivity (Wildman–Crippen MR) is 82.8 cm³/mol. The lowest BCUT2D eigenvalue weighted by Gasteiger charge is -2.08. The van der Waals surface area contributed by atoms with Gasteiger partial charge >= 0.3 is 5.69 Å². The second-order valence-corrected chi connectivity index (χ2v) is 5.49. The fourth-order valence-electron chi connectivity index (χ4n) is 1.73. The molecular weight excluding hydrogens is 288 g/mol. The minimum atomic E-state index is -0.367. The highest BCUT2D eigenvalue weighted by molar-refractivity contribution is 7.99. The standard InChI is InChI=1S/C14H16N4O2S/c1-3-7-15-11-5-4-6-12(13(11)18(19)20)21-14-16-8-10(2)9-17-14/h4-6,8-9,15H,3,7H2,1-2H3. The van der Waals surface area contributed by atoms with E-state index in [2.05, 4.69) is 15.3 Å². The molecule has 0 spiro atoms. The molecule has 0 saturated carbocycles. The van der Waals surface area contributed by atoms with Gasteiger partial charge in [0.2, 0.25) is 0 Å². The number of hydrogen-bond acceptors (Lipinski definition) is 6. The van der Waals surface area contributed by atoms with E-state index in [1.165, 1.54) is 11.8 Å². The first-order valence-corrected chi connectivity index (χ1v) is 7.41. The summed E-state index contributed by atoms with van der Waals surface area (Å²) < 4.78 is 0. The summed E-state index contributed by atoms with van der Waals surface area (Å²) in [5.74, 6) is 0. The molecule has 0 radical (unpaired) electrons. The second-order valence-electron chi connectivity index (χ2n) is 4.48. The zero-order valence-electron chi connectivity index (χ0n) is 11.9. The van der Waals surface area contributed by atoms with Crippen molar-refractivity contribution in [2.45, 2.75) is 30.3 Å². The van der Waals surface area contributed by atoms with Crippen molar-refractivity contribution in [1.29, 1.82) is 0 Å². The maximum Gasteiger partial charge on any atom is 0.306 e. The van der Waals surface area contributed by atoms with Gasteiger partial charge in [0, 0.05) is 18.9 Å². The molecular formula is C14H16N4O2S. The zero-order valence-corrected chi connectivity index (χ0v) is 12.7. The third-order valence-corrected chi connectivity index (χ3v) is 3.65. The van der Waals surface area contributed by atoms with Crippen LogP contribution in [0.15, 0.2) is 40.6 Å². The van der Waals surface area contributed by atoms with E-state index in [-0.39, 0.29) is 10.6 Å². The van der Waals surface area contributed by atoms with Crippen LogP contribution < -0.4 is 5.32 Å². The van der Waals surface area contributed by atoms with Crippen LogP contribution in [-0.4, -0.2) is 21.4 Å². The molecule has 2 rings (SSSR count). The third kappa shape index (κ3) is 3.91. The van der Waals surface area contributed by atoms with Gasteiger partial charge in [-0.1, -0.05) is 13.0 Å². The zero-order chi connectivity index (χ0) is 15.2. The molecule has 0 amide bonds. The molecule has 1 N–H and O–H groups in total. The Hall–Kier alpha value is -2.15. The van der Waals surface area contributed by atoms with Gasteiger partial charge in [-0.3, -0.25) is 10.1 Å². The lowest BCUT2D eigenvalue weighted by Crippen LogP contribution is -2.04. The summed E-state index contributed by atoms with van der Waals surface area (Å²) in [5.41, 5.74) is 1.55. The van der Waals surface area contributed by atoms with Crippen molar-refractivity contribution >= 4 is 23.1 Å². The highest BCUT2D eigenvalue weighted by atomic mass is 32.2. The van der Waals surface area contributed by atoms with Crippen LogP contribution in [0.25, 0.3) is 0 Å². The average molecular weight is 304 g/mol. The third-order valence-electron chi connectivity index (χ3n) is 2.71. The Labute approximate surface area is 127 Å². The number of aromatic nitrogens is 2. The summed E-state index contributed by atoms with van der Waals surface area (Å²) in [6.45, 7) is 4.60. The van der Waals surface area contributed by atoms with Gasteiger partial charge in [-0.15, -0.1) is 0 Å². The van der Waals surface area contributed by atoms with E-state index < -0.39 is 0 Å². The predicted octanol–water partition coefficient (Wildman–Crippen LogP) is 3.67. The average Bonchev–Trinajstić information content (AvgIpc) is 2.47. The molecule has 0 unspecified atom stereocenters. The van der Waals surface area contributed by atoms with Gasteiger partial charge in [-0.05, 0) is 42.8 Å². The molecule has 0 bridgehead atoms. The van der Waals surface area contributed by atoms with E-state index in [0.29, 0.717) is 22.3 Å². The Morgan fingerprint density at radius 2 is 2.05 bits per heavy atom. The molecule has 1 aromatic carbocycles. The molecule has 0 saturated heterocycles. The number of nitro benzene ring substituents is 1. The molecule has 0 fully saturated rings. The number of rotatable bonds is 6. The van der Waals surface area contributed by atoms with Gasteiger partial charge in [0.05, 0.1) is 9.82 Å². The highest BCUT2D eigenvalue weighted by Crippen LogP contribution is 2.37. The first kappa shape index (κ1) is 15.2. The van der Waals surface area contributed by atoms with E-state index in [4.69, 9.17) is 0 Å². The number of aryl methyl sites for hydroxylation is 1. The Kier molecular flexibility index (Phi) is 5.10.